The van der Waals surface area contributed by atoms with Gasteiger partial charge in [-0.3, -0.25) is 0 Å². The predicted molar refractivity (Wildman–Crippen MR) is 40.7 cm³/mol. The van der Waals surface area contributed by atoms with Gasteiger partial charge in [0.05, 0.1) is 5.52 Å². The fourth-order valence-corrected chi connectivity index (χ4v) is 0.923. The fraction of sp³-hybridized carbons (Fsp3) is 0. The van der Waals surface area contributed by atoms with Crippen molar-refractivity contribution in [3.63, 3.8) is 0 Å². The third-order valence-electron chi connectivity index (χ3n) is 1.41. The molecule has 0 saturated carbocycles. The van der Waals surface area contributed by atoms with Gasteiger partial charge in [0.25, 0.3) is 0 Å². The number of nitrogens with zero attached hydrogens (tertiary/aromatic N) is 2. The number of rotatable bonds is 0. The molecule has 0 aliphatic rings. The lowest BCUT2D eigenvalue weighted by Gasteiger charge is -1.90. The van der Waals surface area contributed by atoms with Gasteiger partial charge in [-0.15, -0.1) is 0 Å². The van der Waals surface area contributed by atoms with E-state index in [0.29, 0.717) is 0 Å². The maximum atomic E-state index is 4.07. The average Bonchev–Trinajstić information content (AvgIpc) is 2.05. The third-order valence-corrected chi connectivity index (χ3v) is 1.41. The van der Waals surface area contributed by atoms with Crippen LogP contribution in [-0.2, 0) is 0 Å². The molecule has 1 aromatic carbocycles. The minimum atomic E-state index is 0. The first-order valence-corrected chi connectivity index (χ1v) is 3.11. The monoisotopic (exact) mass is 131 g/mol. The van der Waals surface area contributed by atoms with E-state index in [1.807, 2.05) is 30.5 Å². The summed E-state index contributed by atoms with van der Waals surface area (Å²) < 4.78 is 0. The molecule has 0 aliphatic heterocycles. The number of benzene rings is 1. The van der Waals surface area contributed by atoms with Crippen LogP contribution in [-0.4, -0.2) is 9.97 Å². The fourth-order valence-electron chi connectivity index (χ4n) is 0.923. The molecular weight excluding hydrogens is 124 g/mol. The first kappa shape index (κ1) is 5.35. The summed E-state index contributed by atoms with van der Waals surface area (Å²) in [4.78, 5) is 7.97. The standard InChI is InChI=1S/C8H6N2/c1-2-4-8-7(3-1)5-9-6-10-8/h1-6H/p+1. The first-order chi connectivity index (χ1) is 4.97. The van der Waals surface area contributed by atoms with E-state index in [0.717, 1.165) is 10.9 Å². The second-order valence-electron chi connectivity index (χ2n) is 2.08. The summed E-state index contributed by atoms with van der Waals surface area (Å²) >= 11 is 0. The lowest BCUT2D eigenvalue weighted by molar-refractivity contribution is 1.22. The summed E-state index contributed by atoms with van der Waals surface area (Å²) in [7, 11) is 0. The van der Waals surface area contributed by atoms with Crippen LogP contribution < -0.4 is 0 Å². The number of hydrogen-bond acceptors (Lipinski definition) is 2. The predicted octanol–water partition coefficient (Wildman–Crippen LogP) is 1.74. The van der Waals surface area contributed by atoms with Gasteiger partial charge >= 0.3 is 1.43 Å². The minimum absolute atomic E-state index is 0. The molecule has 0 atom stereocenters. The Bertz CT molecular complexity index is 283. The Morgan fingerprint density at radius 1 is 1.20 bits per heavy atom. The Morgan fingerprint density at radius 3 is 3.00 bits per heavy atom. The van der Waals surface area contributed by atoms with Crippen molar-refractivity contribution in [1.82, 2.24) is 9.97 Å². The molecule has 0 amide bonds. The summed E-state index contributed by atoms with van der Waals surface area (Å²) in [5.41, 5.74) is 0.998. The van der Waals surface area contributed by atoms with Crippen molar-refractivity contribution in [1.29, 1.82) is 0 Å². The van der Waals surface area contributed by atoms with E-state index >= 15 is 0 Å². The quantitative estimate of drug-likeness (QED) is 0.544. The smallest absolute Gasteiger partial charge is 0.244 e. The Balaban J connectivity index is 0.000000605. The van der Waals surface area contributed by atoms with E-state index in [1.54, 1.807) is 6.33 Å². The van der Waals surface area contributed by atoms with E-state index in [-0.39, 0.29) is 1.43 Å². The molecule has 10 heavy (non-hydrogen) atoms. The van der Waals surface area contributed by atoms with Gasteiger partial charge in [-0.1, -0.05) is 18.2 Å². The molecule has 1 aromatic heterocycles. The van der Waals surface area contributed by atoms with Crippen LogP contribution in [0, 0.1) is 0 Å². The van der Waals surface area contributed by atoms with Gasteiger partial charge in [-0.05, 0) is 6.07 Å². The van der Waals surface area contributed by atoms with Crippen LogP contribution in [0.3, 0.4) is 0 Å². The zero-order chi connectivity index (χ0) is 6.81. The van der Waals surface area contributed by atoms with Crippen molar-refractivity contribution in [2.45, 2.75) is 0 Å². The molecule has 1 heterocycles. The van der Waals surface area contributed by atoms with Crippen molar-refractivity contribution in [2.75, 3.05) is 0 Å². The highest BCUT2D eigenvalue weighted by molar-refractivity contribution is 5.76. The summed E-state index contributed by atoms with van der Waals surface area (Å²) in [6, 6.07) is 7.91. The van der Waals surface area contributed by atoms with Gasteiger partial charge in [0.2, 0.25) is 0 Å². The van der Waals surface area contributed by atoms with E-state index in [9.17, 15) is 0 Å². The number of aromatic nitrogens is 2. The largest absolute Gasteiger partial charge is 1.00 e. The zero-order valence-electron chi connectivity index (χ0n) is 6.36. The van der Waals surface area contributed by atoms with Gasteiger partial charge in [-0.25, -0.2) is 9.97 Å². The molecule has 2 heteroatoms. The van der Waals surface area contributed by atoms with Gasteiger partial charge in [0.15, 0.2) is 0 Å². The summed E-state index contributed by atoms with van der Waals surface area (Å²) in [6.07, 6.45) is 3.37. The molecule has 0 unspecified atom stereocenters. The van der Waals surface area contributed by atoms with E-state index in [4.69, 9.17) is 0 Å². The number of hydrogen-bond donors (Lipinski definition) is 0. The van der Waals surface area contributed by atoms with Crippen molar-refractivity contribution in [3.8, 4) is 0 Å². The van der Waals surface area contributed by atoms with E-state index < -0.39 is 0 Å². The van der Waals surface area contributed by atoms with E-state index in [2.05, 4.69) is 9.97 Å². The maximum absolute atomic E-state index is 4.07. The molecule has 0 N–H and O–H groups in total. The highest BCUT2D eigenvalue weighted by Gasteiger charge is 1.87. The summed E-state index contributed by atoms with van der Waals surface area (Å²) in [6.45, 7) is 0. The molecule has 0 fully saturated rings. The first-order valence-electron chi connectivity index (χ1n) is 3.11. The number of fused-ring (bicyclic) bond motifs is 1. The molecule has 0 bridgehead atoms. The molecule has 0 spiro atoms. The lowest BCUT2D eigenvalue weighted by atomic mass is 10.2. The third kappa shape index (κ3) is 0.739. The molecule has 0 aliphatic carbocycles. The van der Waals surface area contributed by atoms with E-state index in [1.165, 1.54) is 0 Å². The van der Waals surface area contributed by atoms with Crippen LogP contribution in [0.2, 0.25) is 0 Å². The van der Waals surface area contributed by atoms with Crippen LogP contribution in [0.1, 0.15) is 1.43 Å². The molecule has 48 valence electrons. The lowest BCUT2D eigenvalue weighted by Crippen LogP contribution is -1.77. The average molecular weight is 131 g/mol. The second-order valence-corrected chi connectivity index (χ2v) is 2.08. The molecule has 2 rings (SSSR count). The topological polar surface area (TPSA) is 25.8 Å². The zero-order valence-corrected chi connectivity index (χ0v) is 5.36. The minimum Gasteiger partial charge on any atom is -0.244 e. The Morgan fingerprint density at radius 2 is 2.10 bits per heavy atom. The summed E-state index contributed by atoms with van der Waals surface area (Å²) in [5, 5.41) is 1.09. The summed E-state index contributed by atoms with van der Waals surface area (Å²) in [5.74, 6) is 0. The van der Waals surface area contributed by atoms with Crippen LogP contribution in [0.4, 0.5) is 0 Å². The molecule has 2 nitrogen and oxygen atoms in total. The Hall–Kier alpha value is -1.44. The van der Waals surface area contributed by atoms with Crippen molar-refractivity contribution in [3.05, 3.63) is 36.8 Å². The van der Waals surface area contributed by atoms with Crippen LogP contribution in [0.5, 0.6) is 0 Å². The highest BCUT2D eigenvalue weighted by Crippen LogP contribution is 2.06. The molecule has 2 aromatic rings. The van der Waals surface area contributed by atoms with Crippen molar-refractivity contribution >= 4 is 10.9 Å². The molecule has 0 saturated heterocycles. The highest BCUT2D eigenvalue weighted by atomic mass is 14.8. The van der Waals surface area contributed by atoms with Crippen molar-refractivity contribution < 1.29 is 1.43 Å². The van der Waals surface area contributed by atoms with Crippen LogP contribution in [0.25, 0.3) is 10.9 Å². The molecule has 0 radical (unpaired) electrons. The van der Waals surface area contributed by atoms with Crippen molar-refractivity contribution in [2.24, 2.45) is 0 Å². The van der Waals surface area contributed by atoms with Gasteiger partial charge in [0, 0.05) is 11.6 Å². The van der Waals surface area contributed by atoms with Crippen LogP contribution in [0.15, 0.2) is 36.8 Å². The molecular formula is C8H7N2+. The van der Waals surface area contributed by atoms with Crippen LogP contribution >= 0.6 is 0 Å². The van der Waals surface area contributed by atoms with Gasteiger partial charge < -0.3 is 0 Å². The normalized spacial score (nSPS) is 10.0. The Kier molecular flexibility index (Phi) is 1.10. The van der Waals surface area contributed by atoms with Gasteiger partial charge in [0.1, 0.15) is 6.33 Å². The second kappa shape index (κ2) is 2.06. The Labute approximate surface area is 60.0 Å². The van der Waals surface area contributed by atoms with Gasteiger partial charge in [-0.2, -0.15) is 0 Å². The number of para-hydroxylation sites is 1. The maximum Gasteiger partial charge on any atom is 1.00 e. The SMILES string of the molecule is [H+].c1ccc2ncncc2c1.